The van der Waals surface area contributed by atoms with Crippen LogP contribution in [0.25, 0.3) is 0 Å². The Morgan fingerprint density at radius 3 is 2.47 bits per heavy atom. The molecule has 4 rings (SSSR count). The van der Waals surface area contributed by atoms with Gasteiger partial charge in [0.25, 0.3) is 0 Å². The molecule has 30 heavy (non-hydrogen) atoms. The van der Waals surface area contributed by atoms with Gasteiger partial charge in [-0.2, -0.15) is 0 Å². The Morgan fingerprint density at radius 2 is 1.77 bits per heavy atom. The fourth-order valence-electron chi connectivity index (χ4n) is 3.72. The maximum absolute atomic E-state index is 13.0. The van der Waals surface area contributed by atoms with Crippen molar-refractivity contribution >= 4 is 17.5 Å². The maximum atomic E-state index is 13.0. The van der Waals surface area contributed by atoms with Crippen molar-refractivity contribution in [3.63, 3.8) is 0 Å². The van der Waals surface area contributed by atoms with E-state index in [0.717, 1.165) is 33.6 Å². The zero-order valence-electron chi connectivity index (χ0n) is 17.9. The summed E-state index contributed by atoms with van der Waals surface area (Å²) in [6.45, 7) is 8.49. The van der Waals surface area contributed by atoms with Gasteiger partial charge in [-0.15, -0.1) is 10.2 Å². The highest BCUT2D eigenvalue weighted by Gasteiger charge is 2.27. The second-order valence-electron chi connectivity index (χ2n) is 7.61. The standard InChI is InChI=1S/C23H25N3O3S/c1-13-10-14(2)16(4)21(15(13)3)17(27)12-30-23-25-24-22(26(23)5)20-11-28-18-8-6-7-9-19(18)29-20/h6-10,20H,11-12H2,1-5H3. The monoisotopic (exact) mass is 423 g/mol. The molecule has 0 fully saturated rings. The minimum Gasteiger partial charge on any atom is -0.485 e. The van der Waals surface area contributed by atoms with Gasteiger partial charge >= 0.3 is 0 Å². The van der Waals surface area contributed by atoms with Crippen LogP contribution in [-0.2, 0) is 7.05 Å². The van der Waals surface area contributed by atoms with Crippen molar-refractivity contribution < 1.29 is 14.3 Å². The molecule has 0 saturated heterocycles. The molecule has 0 radical (unpaired) electrons. The number of hydrogen-bond donors (Lipinski definition) is 0. The van der Waals surface area contributed by atoms with Crippen molar-refractivity contribution in [1.29, 1.82) is 0 Å². The average molecular weight is 424 g/mol. The number of aryl methyl sites for hydroxylation is 2. The highest BCUT2D eigenvalue weighted by Crippen LogP contribution is 2.36. The van der Waals surface area contributed by atoms with E-state index in [1.54, 1.807) is 0 Å². The van der Waals surface area contributed by atoms with Crippen LogP contribution in [0.2, 0.25) is 0 Å². The van der Waals surface area contributed by atoms with Crippen LogP contribution in [-0.4, -0.2) is 32.9 Å². The van der Waals surface area contributed by atoms with Crippen LogP contribution < -0.4 is 9.47 Å². The molecule has 156 valence electrons. The van der Waals surface area contributed by atoms with Crippen molar-refractivity contribution in [1.82, 2.24) is 14.8 Å². The molecule has 1 atom stereocenters. The molecular formula is C23H25N3O3S. The number of Topliss-reactive ketones (excluding diaryl/α,β-unsaturated/α-hetero) is 1. The summed E-state index contributed by atoms with van der Waals surface area (Å²) in [5, 5.41) is 9.26. The van der Waals surface area contributed by atoms with Gasteiger partial charge in [-0.25, -0.2) is 0 Å². The summed E-state index contributed by atoms with van der Waals surface area (Å²) in [5.74, 6) is 2.52. The number of ketones is 1. The molecule has 0 saturated carbocycles. The second-order valence-corrected chi connectivity index (χ2v) is 8.55. The van der Waals surface area contributed by atoms with Crippen LogP contribution in [0.3, 0.4) is 0 Å². The maximum Gasteiger partial charge on any atom is 0.192 e. The molecule has 0 amide bonds. The summed E-state index contributed by atoms with van der Waals surface area (Å²) in [5.41, 5.74) is 5.20. The third kappa shape index (κ3) is 3.69. The van der Waals surface area contributed by atoms with E-state index >= 15 is 0 Å². The molecule has 1 unspecified atom stereocenters. The molecule has 6 nitrogen and oxygen atoms in total. The van der Waals surface area contributed by atoms with Crippen molar-refractivity contribution in [2.24, 2.45) is 7.05 Å². The van der Waals surface area contributed by atoms with Crippen LogP contribution in [0.1, 0.15) is 44.5 Å². The minimum absolute atomic E-state index is 0.109. The normalized spacial score (nSPS) is 15.3. The summed E-state index contributed by atoms with van der Waals surface area (Å²) in [6.07, 6.45) is -0.341. The lowest BCUT2D eigenvalue weighted by Gasteiger charge is -2.25. The van der Waals surface area contributed by atoms with E-state index in [2.05, 4.69) is 16.3 Å². The third-order valence-corrected chi connectivity index (χ3v) is 6.66. The zero-order chi connectivity index (χ0) is 21.4. The highest BCUT2D eigenvalue weighted by atomic mass is 32.2. The SMILES string of the molecule is Cc1cc(C)c(C)c(C(=O)CSc2nnc(C3COc4ccccc4O3)n2C)c1C. The molecule has 2 aromatic carbocycles. The molecule has 1 aromatic heterocycles. The number of aromatic nitrogens is 3. The van der Waals surface area contributed by atoms with Crippen molar-refractivity contribution in [2.75, 3.05) is 12.4 Å². The van der Waals surface area contributed by atoms with Gasteiger partial charge in [-0.05, 0) is 62.1 Å². The van der Waals surface area contributed by atoms with Gasteiger partial charge in [0.2, 0.25) is 0 Å². The molecule has 0 aliphatic carbocycles. The molecule has 3 aromatic rings. The first kappa shape index (κ1) is 20.5. The molecule has 0 N–H and O–H groups in total. The number of hydrogen-bond acceptors (Lipinski definition) is 6. The van der Waals surface area contributed by atoms with E-state index in [-0.39, 0.29) is 11.9 Å². The number of carbonyl (C=O) groups excluding carboxylic acids is 1. The molecule has 1 aliphatic heterocycles. The Morgan fingerprint density at radius 1 is 1.10 bits per heavy atom. The number of rotatable bonds is 5. The van der Waals surface area contributed by atoms with Crippen LogP contribution in [0.4, 0.5) is 0 Å². The van der Waals surface area contributed by atoms with Gasteiger partial charge in [-0.1, -0.05) is 30.0 Å². The smallest absolute Gasteiger partial charge is 0.192 e. The summed E-state index contributed by atoms with van der Waals surface area (Å²) in [4.78, 5) is 13.0. The number of fused-ring (bicyclic) bond motifs is 1. The van der Waals surface area contributed by atoms with E-state index < -0.39 is 0 Å². The first-order valence-electron chi connectivity index (χ1n) is 9.88. The predicted molar refractivity (Wildman–Crippen MR) is 117 cm³/mol. The summed E-state index contributed by atoms with van der Waals surface area (Å²) in [6, 6.07) is 9.71. The minimum atomic E-state index is -0.341. The quantitative estimate of drug-likeness (QED) is 0.444. The van der Waals surface area contributed by atoms with E-state index in [1.807, 2.05) is 63.6 Å². The number of thioether (sulfide) groups is 1. The molecular weight excluding hydrogens is 398 g/mol. The Kier molecular flexibility index (Phi) is 5.56. The van der Waals surface area contributed by atoms with Crippen LogP contribution in [0.15, 0.2) is 35.5 Å². The Hall–Kier alpha value is -2.80. The second kappa shape index (κ2) is 8.14. The van der Waals surface area contributed by atoms with Crippen molar-refractivity contribution in [2.45, 2.75) is 39.0 Å². The number of ether oxygens (including phenoxy) is 2. The van der Waals surface area contributed by atoms with E-state index in [0.29, 0.717) is 29.1 Å². The van der Waals surface area contributed by atoms with Gasteiger partial charge in [0, 0.05) is 12.6 Å². The fraction of sp³-hybridized carbons (Fsp3) is 0.348. The number of para-hydroxylation sites is 2. The zero-order valence-corrected chi connectivity index (χ0v) is 18.7. The molecule has 0 bridgehead atoms. The van der Waals surface area contributed by atoms with E-state index in [4.69, 9.17) is 9.47 Å². The predicted octanol–water partition coefficient (Wildman–Crippen LogP) is 4.54. The van der Waals surface area contributed by atoms with E-state index in [1.165, 1.54) is 11.8 Å². The Balaban J connectivity index is 1.49. The number of nitrogens with zero attached hydrogens (tertiary/aromatic N) is 3. The van der Waals surface area contributed by atoms with Crippen LogP contribution in [0.5, 0.6) is 11.5 Å². The fourth-order valence-corrected chi connectivity index (χ4v) is 4.51. The lowest BCUT2D eigenvalue weighted by Crippen LogP contribution is -2.24. The molecule has 0 spiro atoms. The number of carbonyl (C=O) groups is 1. The average Bonchev–Trinajstić information content (AvgIpc) is 3.11. The lowest BCUT2D eigenvalue weighted by molar-refractivity contribution is 0.0825. The van der Waals surface area contributed by atoms with Crippen molar-refractivity contribution in [3.8, 4) is 11.5 Å². The highest BCUT2D eigenvalue weighted by molar-refractivity contribution is 7.99. The van der Waals surface area contributed by atoms with Gasteiger partial charge in [0.05, 0.1) is 5.75 Å². The summed E-state index contributed by atoms with van der Waals surface area (Å²) in [7, 11) is 1.89. The molecule has 1 aliphatic rings. The Labute approximate surface area is 180 Å². The van der Waals surface area contributed by atoms with Gasteiger partial charge < -0.3 is 14.0 Å². The Bertz CT molecular complexity index is 1100. The summed E-state index contributed by atoms with van der Waals surface area (Å²) < 4.78 is 13.7. The largest absolute Gasteiger partial charge is 0.485 e. The van der Waals surface area contributed by atoms with Gasteiger partial charge in [-0.3, -0.25) is 4.79 Å². The van der Waals surface area contributed by atoms with Crippen molar-refractivity contribution in [3.05, 3.63) is 64.0 Å². The molecule has 2 heterocycles. The first-order chi connectivity index (χ1) is 14.4. The summed E-state index contributed by atoms with van der Waals surface area (Å²) >= 11 is 1.39. The third-order valence-electron chi connectivity index (χ3n) is 5.64. The van der Waals surface area contributed by atoms with Gasteiger partial charge in [0.15, 0.2) is 34.4 Å². The topological polar surface area (TPSA) is 66.2 Å². The van der Waals surface area contributed by atoms with E-state index in [9.17, 15) is 4.79 Å². The van der Waals surface area contributed by atoms with Crippen LogP contribution >= 0.6 is 11.8 Å². The molecule has 7 heteroatoms. The number of benzene rings is 2. The lowest BCUT2D eigenvalue weighted by atomic mass is 9.92. The van der Waals surface area contributed by atoms with Crippen LogP contribution in [0, 0.1) is 27.7 Å². The first-order valence-corrected chi connectivity index (χ1v) is 10.9. The van der Waals surface area contributed by atoms with Gasteiger partial charge in [0.1, 0.15) is 6.61 Å².